The van der Waals surface area contributed by atoms with Gasteiger partial charge in [-0.05, 0) is 29.7 Å². The monoisotopic (exact) mass is 459 g/mol. The average molecular weight is 460 g/mol. The first kappa shape index (κ1) is 22.7. The van der Waals surface area contributed by atoms with Crippen LogP contribution in [-0.2, 0) is 17.8 Å². The van der Waals surface area contributed by atoms with Crippen LogP contribution in [0.1, 0.15) is 22.8 Å². The quantitative estimate of drug-likeness (QED) is 0.498. The van der Waals surface area contributed by atoms with Crippen molar-refractivity contribution < 1.29 is 19.4 Å². The number of aliphatic carboxylic acids is 1. The maximum Gasteiger partial charge on any atom is 0.309 e. The van der Waals surface area contributed by atoms with Gasteiger partial charge in [0, 0.05) is 16.6 Å². The van der Waals surface area contributed by atoms with Gasteiger partial charge in [0.1, 0.15) is 5.82 Å². The molecule has 6 heteroatoms. The molecule has 0 aromatic heterocycles. The molecule has 2 unspecified atom stereocenters. The molecule has 152 valence electrons. The second-order valence-electron chi connectivity index (χ2n) is 6.43. The van der Waals surface area contributed by atoms with Gasteiger partial charge in [-0.3, -0.25) is 4.79 Å². The van der Waals surface area contributed by atoms with E-state index in [0.717, 1.165) is 5.56 Å². The van der Waals surface area contributed by atoms with E-state index in [4.69, 9.17) is 5.73 Å². The molecule has 4 nitrogen and oxygen atoms in total. The molecule has 2 atom stereocenters. The van der Waals surface area contributed by atoms with E-state index in [0.29, 0.717) is 11.0 Å². The summed E-state index contributed by atoms with van der Waals surface area (Å²) in [4.78, 5) is 11.4. The zero-order valence-corrected chi connectivity index (χ0v) is 17.3. The molecule has 0 aliphatic rings. The number of nitrogens with two attached hydrogens (primary N) is 1. The van der Waals surface area contributed by atoms with Gasteiger partial charge in [-0.2, -0.15) is 0 Å². The van der Waals surface area contributed by atoms with E-state index in [9.17, 15) is 19.4 Å². The molecular weight excluding hydrogens is 437 g/mol. The third-order valence-electron chi connectivity index (χ3n) is 4.36. The fourth-order valence-electron chi connectivity index (χ4n) is 2.77. The highest BCUT2D eigenvalue weighted by Gasteiger charge is 2.29. The third kappa shape index (κ3) is 7.09. The number of carboxylic acids is 1. The summed E-state index contributed by atoms with van der Waals surface area (Å²) in [5, 5.41) is 19.6. The molecule has 4 N–H and O–H groups in total. The first-order valence-electron chi connectivity index (χ1n) is 9.06. The van der Waals surface area contributed by atoms with Crippen LogP contribution in [0.4, 0.5) is 4.39 Å². The van der Waals surface area contributed by atoms with Crippen LogP contribution in [0.2, 0.25) is 0 Å². The Morgan fingerprint density at radius 3 is 1.97 bits per heavy atom. The van der Waals surface area contributed by atoms with E-state index in [1.54, 1.807) is 30.3 Å². The van der Waals surface area contributed by atoms with Crippen molar-refractivity contribution in [1.29, 1.82) is 0 Å². The van der Waals surface area contributed by atoms with E-state index < -0.39 is 23.8 Å². The number of aliphatic hydroxyl groups is 1. The molecule has 0 spiro atoms. The molecule has 0 amide bonds. The van der Waals surface area contributed by atoms with Crippen molar-refractivity contribution in [2.75, 3.05) is 0 Å². The van der Waals surface area contributed by atoms with Crippen LogP contribution in [0.3, 0.4) is 0 Å². The molecule has 3 aromatic carbocycles. The van der Waals surface area contributed by atoms with Crippen molar-refractivity contribution in [3.05, 3.63) is 106 Å². The lowest BCUT2D eigenvalue weighted by atomic mass is 9.89. The van der Waals surface area contributed by atoms with Gasteiger partial charge in [0.2, 0.25) is 0 Å². The molecule has 0 aliphatic carbocycles. The number of hydrogen-bond donors (Lipinski definition) is 3. The standard InChI is InChI=1S/C16H14BrFO3.C7H9N/c17-11-6-7-12(14(18)9-11)15(19)13(16(20)21)8-10-4-2-1-3-5-10;8-6-7-4-2-1-3-5-7/h1-7,9,13,15,19H,8H2,(H,20,21);1-5H,6,8H2. The fraction of sp³-hybridized carbons (Fsp3) is 0.174. The van der Waals surface area contributed by atoms with E-state index in [1.165, 1.54) is 17.7 Å². The highest BCUT2D eigenvalue weighted by molar-refractivity contribution is 9.10. The zero-order chi connectivity index (χ0) is 21.2. The number of carboxylic acid groups (broad SMARTS) is 1. The minimum absolute atomic E-state index is 0.0125. The number of aliphatic hydroxyl groups excluding tert-OH is 1. The Morgan fingerprint density at radius 1 is 0.966 bits per heavy atom. The third-order valence-corrected chi connectivity index (χ3v) is 4.85. The first-order chi connectivity index (χ1) is 13.9. The Kier molecular flexibility index (Phi) is 8.99. The first-order valence-corrected chi connectivity index (χ1v) is 9.85. The van der Waals surface area contributed by atoms with Gasteiger partial charge in [0.25, 0.3) is 0 Å². The largest absolute Gasteiger partial charge is 0.481 e. The Balaban J connectivity index is 0.000000313. The molecule has 0 aliphatic heterocycles. The summed E-state index contributed by atoms with van der Waals surface area (Å²) in [6.07, 6.45) is -1.27. The molecule has 29 heavy (non-hydrogen) atoms. The van der Waals surface area contributed by atoms with Crippen molar-refractivity contribution in [3.63, 3.8) is 0 Å². The summed E-state index contributed by atoms with van der Waals surface area (Å²) in [5.74, 6) is -2.90. The van der Waals surface area contributed by atoms with Crippen molar-refractivity contribution in [2.24, 2.45) is 11.7 Å². The summed E-state index contributed by atoms with van der Waals surface area (Å²) in [7, 11) is 0. The molecule has 0 fully saturated rings. The van der Waals surface area contributed by atoms with Crippen molar-refractivity contribution in [2.45, 2.75) is 19.1 Å². The predicted molar refractivity (Wildman–Crippen MR) is 115 cm³/mol. The number of rotatable bonds is 6. The Labute approximate surface area is 177 Å². The highest BCUT2D eigenvalue weighted by Crippen LogP contribution is 2.29. The van der Waals surface area contributed by atoms with Crippen molar-refractivity contribution >= 4 is 21.9 Å². The summed E-state index contributed by atoms with van der Waals surface area (Å²) < 4.78 is 14.4. The fourth-order valence-corrected chi connectivity index (χ4v) is 3.11. The smallest absolute Gasteiger partial charge is 0.309 e. The van der Waals surface area contributed by atoms with Crippen LogP contribution in [0.5, 0.6) is 0 Å². The Morgan fingerprint density at radius 2 is 1.52 bits per heavy atom. The van der Waals surface area contributed by atoms with E-state index >= 15 is 0 Å². The van der Waals surface area contributed by atoms with Gasteiger partial charge < -0.3 is 15.9 Å². The molecule has 0 bridgehead atoms. The summed E-state index contributed by atoms with van der Waals surface area (Å²) in [6, 6.07) is 23.1. The van der Waals surface area contributed by atoms with Gasteiger partial charge in [0.15, 0.2) is 0 Å². The van der Waals surface area contributed by atoms with Gasteiger partial charge >= 0.3 is 5.97 Å². The number of carbonyl (C=O) groups is 1. The van der Waals surface area contributed by atoms with Gasteiger partial charge in [-0.1, -0.05) is 82.7 Å². The minimum Gasteiger partial charge on any atom is -0.481 e. The lowest BCUT2D eigenvalue weighted by Gasteiger charge is -2.20. The lowest BCUT2D eigenvalue weighted by Crippen LogP contribution is -2.25. The average Bonchev–Trinajstić information content (AvgIpc) is 2.73. The summed E-state index contributed by atoms with van der Waals surface area (Å²) in [5.41, 5.74) is 7.30. The number of halogens is 2. The number of hydrogen-bond acceptors (Lipinski definition) is 3. The number of benzene rings is 3. The zero-order valence-electron chi connectivity index (χ0n) is 15.7. The van der Waals surface area contributed by atoms with E-state index in [-0.39, 0.29) is 12.0 Å². The summed E-state index contributed by atoms with van der Waals surface area (Å²) in [6.45, 7) is 0.640. The van der Waals surface area contributed by atoms with E-state index in [2.05, 4.69) is 15.9 Å². The van der Waals surface area contributed by atoms with Crippen molar-refractivity contribution in [3.8, 4) is 0 Å². The topological polar surface area (TPSA) is 83.6 Å². The molecule has 0 heterocycles. The van der Waals surface area contributed by atoms with Crippen LogP contribution in [0.25, 0.3) is 0 Å². The molecule has 0 radical (unpaired) electrons. The van der Waals surface area contributed by atoms with Crippen LogP contribution in [0, 0.1) is 11.7 Å². The highest BCUT2D eigenvalue weighted by atomic mass is 79.9. The van der Waals surface area contributed by atoms with Gasteiger partial charge in [-0.15, -0.1) is 0 Å². The van der Waals surface area contributed by atoms with E-state index in [1.807, 2.05) is 36.4 Å². The van der Waals surface area contributed by atoms with Crippen LogP contribution in [0.15, 0.2) is 83.3 Å². The molecule has 0 saturated carbocycles. The second kappa shape index (κ2) is 11.5. The Hall–Kier alpha value is -2.54. The minimum atomic E-state index is -1.41. The molecular formula is C23H23BrFNO3. The normalized spacial score (nSPS) is 12.4. The van der Waals surface area contributed by atoms with Gasteiger partial charge in [-0.25, -0.2) is 4.39 Å². The van der Waals surface area contributed by atoms with Crippen LogP contribution >= 0.6 is 15.9 Å². The second-order valence-corrected chi connectivity index (χ2v) is 7.35. The Bertz CT molecular complexity index is 907. The predicted octanol–water partition coefficient (Wildman–Crippen LogP) is 4.71. The lowest BCUT2D eigenvalue weighted by molar-refractivity contribution is -0.145. The van der Waals surface area contributed by atoms with Crippen LogP contribution in [-0.4, -0.2) is 16.2 Å². The maximum atomic E-state index is 13.9. The van der Waals surface area contributed by atoms with Crippen molar-refractivity contribution in [1.82, 2.24) is 0 Å². The summed E-state index contributed by atoms with van der Waals surface area (Å²) >= 11 is 3.13. The van der Waals surface area contributed by atoms with Crippen LogP contribution < -0.4 is 5.73 Å². The molecule has 3 aromatic rings. The SMILES string of the molecule is NCc1ccccc1.O=C(O)C(Cc1ccccc1)C(O)c1ccc(Br)cc1F. The molecule has 3 rings (SSSR count). The van der Waals surface area contributed by atoms with Gasteiger partial charge in [0.05, 0.1) is 12.0 Å². The maximum absolute atomic E-state index is 13.9. The molecule has 0 saturated heterocycles.